The lowest BCUT2D eigenvalue weighted by Gasteiger charge is -2.22. The molecule has 50 valence electrons. The molecule has 0 aromatic rings. The highest BCUT2D eigenvalue weighted by molar-refractivity contribution is 6.77. The van der Waals surface area contributed by atoms with Gasteiger partial charge in [0.2, 0.25) is 0 Å². The maximum absolute atomic E-state index is 8.46. The molecular weight excluding hydrogens is 118 g/mol. The molecule has 1 atom stereocenters. The number of hydrogen-bond donors (Lipinski definition) is 2. The molecule has 0 saturated carbocycles. The topological polar surface area (TPSA) is 32.3 Å². The van der Waals surface area contributed by atoms with Crippen molar-refractivity contribution in [2.45, 2.75) is 32.2 Å². The first kappa shape index (κ1) is 8.14. The van der Waals surface area contributed by atoms with Gasteiger partial charge < -0.3 is 5.21 Å². The van der Waals surface area contributed by atoms with Crippen molar-refractivity contribution in [1.29, 1.82) is 0 Å². The molecule has 0 aromatic heterocycles. The van der Waals surface area contributed by atoms with Crippen LogP contribution in [0.3, 0.4) is 0 Å². The zero-order chi connectivity index (χ0) is 6.78. The zero-order valence-corrected chi connectivity index (χ0v) is 7.02. The van der Waals surface area contributed by atoms with Crippen molar-refractivity contribution >= 4 is 8.07 Å². The van der Waals surface area contributed by atoms with Gasteiger partial charge in [0.25, 0.3) is 0 Å². The van der Waals surface area contributed by atoms with E-state index < -0.39 is 8.07 Å². The Morgan fingerprint density at radius 1 is 1.38 bits per heavy atom. The van der Waals surface area contributed by atoms with Crippen LogP contribution in [0.25, 0.3) is 0 Å². The maximum atomic E-state index is 8.46. The van der Waals surface area contributed by atoms with Crippen molar-refractivity contribution in [3.63, 3.8) is 0 Å². The Morgan fingerprint density at radius 2 is 1.75 bits per heavy atom. The van der Waals surface area contributed by atoms with Crippen LogP contribution in [0.4, 0.5) is 0 Å². The summed E-state index contributed by atoms with van der Waals surface area (Å²) in [5, 5.41) is 8.46. The summed E-state index contributed by atoms with van der Waals surface area (Å²) in [5.74, 6) is 0. The molecule has 0 aliphatic rings. The van der Waals surface area contributed by atoms with Gasteiger partial charge >= 0.3 is 0 Å². The average Bonchev–Trinajstić information content (AvgIpc) is 1.62. The number of rotatable bonds is 2. The van der Waals surface area contributed by atoms with Crippen LogP contribution in [0.5, 0.6) is 0 Å². The molecule has 0 fully saturated rings. The third kappa shape index (κ3) is 2.45. The third-order valence-corrected chi connectivity index (χ3v) is 4.22. The molecule has 0 radical (unpaired) electrons. The number of hydroxylamine groups is 1. The summed E-state index contributed by atoms with van der Waals surface area (Å²) in [5.41, 5.74) is 2.56. The van der Waals surface area contributed by atoms with Crippen molar-refractivity contribution in [3.05, 3.63) is 0 Å². The fourth-order valence-corrected chi connectivity index (χ4v) is 0.581. The van der Waals surface area contributed by atoms with Crippen LogP contribution in [0.1, 0.15) is 6.92 Å². The Balaban J connectivity index is 3.62. The van der Waals surface area contributed by atoms with Gasteiger partial charge in [0.05, 0.1) is 8.07 Å². The quantitative estimate of drug-likeness (QED) is 0.438. The highest BCUT2D eigenvalue weighted by Crippen LogP contribution is 2.04. The summed E-state index contributed by atoms with van der Waals surface area (Å²) >= 11 is 0. The summed E-state index contributed by atoms with van der Waals surface area (Å²) in [4.78, 5) is 0. The molecule has 0 aromatic carbocycles. The van der Waals surface area contributed by atoms with Gasteiger partial charge in [-0.25, -0.2) is 5.48 Å². The minimum Gasteiger partial charge on any atom is -0.317 e. The normalized spacial score (nSPS) is 16.1. The lowest BCUT2D eigenvalue weighted by Crippen LogP contribution is -2.44. The molecule has 0 aliphatic carbocycles. The van der Waals surface area contributed by atoms with Crippen molar-refractivity contribution in [3.8, 4) is 0 Å². The van der Waals surface area contributed by atoms with E-state index in [-0.39, 0.29) is 0 Å². The van der Waals surface area contributed by atoms with Crippen molar-refractivity contribution in [1.82, 2.24) is 5.48 Å². The second-order valence-electron chi connectivity index (χ2n) is 3.22. The van der Waals surface area contributed by atoms with Crippen molar-refractivity contribution in [2.24, 2.45) is 0 Å². The van der Waals surface area contributed by atoms with E-state index in [0.29, 0.717) is 5.67 Å². The first-order valence-electron chi connectivity index (χ1n) is 2.88. The Kier molecular flexibility index (Phi) is 2.66. The summed E-state index contributed by atoms with van der Waals surface area (Å²) < 4.78 is 0. The van der Waals surface area contributed by atoms with Gasteiger partial charge in [-0.2, -0.15) is 0 Å². The van der Waals surface area contributed by atoms with Crippen LogP contribution in [0.2, 0.25) is 19.6 Å². The van der Waals surface area contributed by atoms with Crippen LogP contribution < -0.4 is 5.48 Å². The highest BCUT2D eigenvalue weighted by Gasteiger charge is 2.20. The SMILES string of the molecule is CC(NO)[Si](C)(C)C. The molecule has 0 spiro atoms. The number of nitrogens with one attached hydrogen (secondary N) is 1. The molecule has 0 amide bonds. The van der Waals surface area contributed by atoms with Gasteiger partial charge in [-0.1, -0.05) is 26.6 Å². The summed E-state index contributed by atoms with van der Waals surface area (Å²) in [7, 11) is -1.12. The molecule has 2 nitrogen and oxygen atoms in total. The van der Waals surface area contributed by atoms with Crippen LogP contribution >= 0.6 is 0 Å². The average molecular weight is 133 g/mol. The predicted octanol–water partition coefficient (Wildman–Crippen LogP) is 1.23. The molecule has 3 heteroatoms. The molecule has 2 N–H and O–H groups in total. The Hall–Kier alpha value is 0.137. The fourth-order valence-electron chi connectivity index (χ4n) is 0.194. The van der Waals surface area contributed by atoms with Crippen LogP contribution in [0.15, 0.2) is 0 Å². The van der Waals surface area contributed by atoms with E-state index in [1.807, 2.05) is 6.92 Å². The Labute approximate surface area is 51.9 Å². The van der Waals surface area contributed by atoms with Gasteiger partial charge in [0, 0.05) is 5.67 Å². The molecule has 0 heterocycles. The Bertz CT molecular complexity index is 69.3. The molecule has 0 aliphatic heterocycles. The monoisotopic (exact) mass is 133 g/mol. The fraction of sp³-hybridized carbons (Fsp3) is 1.00. The smallest absolute Gasteiger partial charge is 0.0662 e. The summed E-state index contributed by atoms with van der Waals surface area (Å²) in [6.07, 6.45) is 0. The number of hydrogen-bond acceptors (Lipinski definition) is 2. The van der Waals surface area contributed by atoms with Gasteiger partial charge in [0.1, 0.15) is 0 Å². The molecule has 0 bridgehead atoms. The lowest BCUT2D eigenvalue weighted by molar-refractivity contribution is 0.156. The van der Waals surface area contributed by atoms with E-state index in [1.54, 1.807) is 0 Å². The predicted molar refractivity (Wildman–Crippen MR) is 37.7 cm³/mol. The van der Waals surface area contributed by atoms with Crippen molar-refractivity contribution in [2.75, 3.05) is 0 Å². The molecular formula is C5H15NOSi. The van der Waals surface area contributed by atoms with Gasteiger partial charge in [-0.05, 0) is 0 Å². The van der Waals surface area contributed by atoms with Crippen LogP contribution in [-0.2, 0) is 0 Å². The summed E-state index contributed by atoms with van der Waals surface area (Å²) in [6.45, 7) is 8.63. The standard InChI is InChI=1S/C5H15NOSi/c1-5(6-7)8(2,3)4/h5-7H,1-4H3. The van der Waals surface area contributed by atoms with Crippen molar-refractivity contribution < 1.29 is 5.21 Å². The minimum absolute atomic E-state index is 0.294. The first-order valence-corrected chi connectivity index (χ1v) is 6.46. The van der Waals surface area contributed by atoms with E-state index in [0.717, 1.165) is 0 Å². The largest absolute Gasteiger partial charge is 0.317 e. The molecule has 0 rings (SSSR count). The van der Waals surface area contributed by atoms with Gasteiger partial charge in [-0.3, -0.25) is 0 Å². The maximum Gasteiger partial charge on any atom is 0.0662 e. The minimum atomic E-state index is -1.12. The zero-order valence-electron chi connectivity index (χ0n) is 6.02. The van der Waals surface area contributed by atoms with E-state index in [1.165, 1.54) is 0 Å². The third-order valence-electron chi connectivity index (χ3n) is 1.49. The van der Waals surface area contributed by atoms with E-state index in [2.05, 4.69) is 25.1 Å². The van der Waals surface area contributed by atoms with E-state index >= 15 is 0 Å². The lowest BCUT2D eigenvalue weighted by atomic mass is 10.8. The van der Waals surface area contributed by atoms with Gasteiger partial charge in [-0.15, -0.1) is 0 Å². The van der Waals surface area contributed by atoms with E-state index in [9.17, 15) is 0 Å². The molecule has 0 saturated heterocycles. The van der Waals surface area contributed by atoms with Gasteiger partial charge in [0.15, 0.2) is 0 Å². The molecule has 8 heavy (non-hydrogen) atoms. The first-order chi connectivity index (χ1) is 3.48. The van der Waals surface area contributed by atoms with Crippen LogP contribution in [-0.4, -0.2) is 18.9 Å². The second kappa shape index (κ2) is 2.62. The Morgan fingerprint density at radius 3 is 1.75 bits per heavy atom. The van der Waals surface area contributed by atoms with Crippen LogP contribution in [0, 0.1) is 0 Å². The second-order valence-corrected chi connectivity index (χ2v) is 8.81. The highest BCUT2D eigenvalue weighted by atomic mass is 28.3. The van der Waals surface area contributed by atoms with E-state index in [4.69, 9.17) is 5.21 Å². The summed E-state index contributed by atoms with van der Waals surface area (Å²) in [6, 6.07) is 0. The molecule has 1 unspecified atom stereocenters.